The molecule has 7 nitrogen and oxygen atoms in total. The van der Waals surface area contributed by atoms with E-state index in [0.29, 0.717) is 15.7 Å². The fraction of sp³-hybridized carbons (Fsp3) is 0.0870. The summed E-state index contributed by atoms with van der Waals surface area (Å²) < 4.78 is 10.9. The van der Waals surface area contributed by atoms with Crippen molar-refractivity contribution in [2.24, 2.45) is 0 Å². The van der Waals surface area contributed by atoms with Gasteiger partial charge in [-0.15, -0.1) is 0 Å². The molecule has 8 heteroatoms. The van der Waals surface area contributed by atoms with Crippen LogP contribution >= 0.6 is 15.9 Å². The Morgan fingerprint density at radius 1 is 1.13 bits per heavy atom. The summed E-state index contributed by atoms with van der Waals surface area (Å²) in [5.74, 6) is -1.20. The summed E-state index contributed by atoms with van der Waals surface area (Å²) in [5.41, 5.74) is 0.943. The summed E-state index contributed by atoms with van der Waals surface area (Å²) in [7, 11) is 1.40. The summed E-state index contributed by atoms with van der Waals surface area (Å²) in [6, 6.07) is 18.2. The van der Waals surface area contributed by atoms with Crippen LogP contribution in [0.15, 0.2) is 64.6 Å². The van der Waals surface area contributed by atoms with Crippen molar-refractivity contribution >= 4 is 50.3 Å². The highest BCUT2D eigenvalue weighted by atomic mass is 79.9. The van der Waals surface area contributed by atoms with Crippen LogP contribution in [0.3, 0.4) is 0 Å². The molecule has 1 amide bonds. The van der Waals surface area contributed by atoms with Gasteiger partial charge < -0.3 is 19.9 Å². The summed E-state index contributed by atoms with van der Waals surface area (Å²) in [4.78, 5) is 23.4. The van der Waals surface area contributed by atoms with Gasteiger partial charge in [-0.1, -0.05) is 46.3 Å². The Hall–Kier alpha value is -3.83. The first kappa shape index (κ1) is 21.9. The fourth-order valence-electron chi connectivity index (χ4n) is 2.84. The van der Waals surface area contributed by atoms with Gasteiger partial charge in [-0.05, 0) is 46.7 Å². The van der Waals surface area contributed by atoms with Gasteiger partial charge >= 0.3 is 5.97 Å². The molecule has 31 heavy (non-hydrogen) atoms. The Labute approximate surface area is 186 Å². The zero-order valence-corrected chi connectivity index (χ0v) is 18.0. The maximum atomic E-state index is 12.7. The van der Waals surface area contributed by atoms with Crippen molar-refractivity contribution in [1.82, 2.24) is 0 Å². The zero-order chi connectivity index (χ0) is 22.4. The lowest BCUT2D eigenvalue weighted by Crippen LogP contribution is -2.13. The van der Waals surface area contributed by atoms with Gasteiger partial charge in [0.1, 0.15) is 11.6 Å². The van der Waals surface area contributed by atoms with Crippen molar-refractivity contribution in [3.63, 3.8) is 0 Å². The fourth-order valence-corrected chi connectivity index (χ4v) is 3.28. The van der Waals surface area contributed by atoms with Crippen molar-refractivity contribution in [2.45, 2.75) is 0 Å². The number of rotatable bonds is 7. The first-order chi connectivity index (χ1) is 14.9. The third-order valence-electron chi connectivity index (χ3n) is 4.31. The molecule has 0 heterocycles. The highest BCUT2D eigenvalue weighted by Gasteiger charge is 2.14. The van der Waals surface area contributed by atoms with Gasteiger partial charge in [-0.25, -0.2) is 4.79 Å². The molecule has 0 aliphatic rings. The molecule has 0 saturated heterocycles. The van der Waals surface area contributed by atoms with Gasteiger partial charge in [0.2, 0.25) is 0 Å². The Kier molecular flexibility index (Phi) is 6.90. The molecule has 0 bridgehead atoms. The van der Waals surface area contributed by atoms with Crippen LogP contribution in [0.2, 0.25) is 0 Å². The molecule has 0 aliphatic heterocycles. The number of carbonyl (C=O) groups is 2. The summed E-state index contributed by atoms with van der Waals surface area (Å²) in [5, 5.41) is 23.0. The molecule has 156 valence electrons. The molecule has 0 saturated carbocycles. The second kappa shape index (κ2) is 9.78. The molecule has 0 atom stereocenters. The minimum Gasteiger partial charge on any atom is -0.493 e. The van der Waals surface area contributed by atoms with Crippen LogP contribution in [-0.4, -0.2) is 30.7 Å². The van der Waals surface area contributed by atoms with Crippen LogP contribution in [0.1, 0.15) is 5.56 Å². The largest absolute Gasteiger partial charge is 0.493 e. The number of ether oxygens (including phenoxy) is 2. The van der Waals surface area contributed by atoms with E-state index in [1.165, 1.54) is 19.3 Å². The second-order valence-corrected chi connectivity index (χ2v) is 7.25. The maximum absolute atomic E-state index is 12.7. The molecule has 0 unspecified atom stereocenters. The van der Waals surface area contributed by atoms with Gasteiger partial charge in [-0.3, -0.25) is 4.79 Å². The second-order valence-electron chi connectivity index (χ2n) is 6.39. The standard InChI is InChI=1S/C23H17BrN2O5/c1-30-20-10-16(19(24)11-21(20)31-13-22(27)28)8-17(12-25)23(29)26-18-7-6-14-4-2-3-5-15(14)9-18/h2-11H,13H2,1H3,(H,26,29)(H,27,28). The minimum atomic E-state index is -1.13. The van der Waals surface area contributed by atoms with Crippen LogP contribution in [-0.2, 0) is 9.59 Å². The van der Waals surface area contributed by atoms with Gasteiger partial charge in [0.15, 0.2) is 18.1 Å². The van der Waals surface area contributed by atoms with Crippen LogP contribution in [0.4, 0.5) is 5.69 Å². The lowest BCUT2D eigenvalue weighted by molar-refractivity contribution is -0.139. The minimum absolute atomic E-state index is 0.116. The number of nitrogens with zero attached hydrogens (tertiary/aromatic N) is 1. The molecule has 2 N–H and O–H groups in total. The smallest absolute Gasteiger partial charge is 0.341 e. The molecule has 0 fully saturated rings. The summed E-state index contributed by atoms with van der Waals surface area (Å²) in [6.07, 6.45) is 1.41. The summed E-state index contributed by atoms with van der Waals surface area (Å²) >= 11 is 3.35. The number of anilines is 1. The van der Waals surface area contributed by atoms with E-state index < -0.39 is 18.5 Å². The topological polar surface area (TPSA) is 109 Å². The van der Waals surface area contributed by atoms with Gasteiger partial charge in [0.05, 0.1) is 7.11 Å². The van der Waals surface area contributed by atoms with E-state index in [2.05, 4.69) is 21.2 Å². The molecule has 3 aromatic rings. The number of hydrogen-bond donors (Lipinski definition) is 2. The lowest BCUT2D eigenvalue weighted by Gasteiger charge is -2.12. The number of carboxylic acids is 1. The quantitative estimate of drug-likeness (QED) is 0.377. The van der Waals surface area contributed by atoms with E-state index in [4.69, 9.17) is 14.6 Å². The maximum Gasteiger partial charge on any atom is 0.341 e. The third-order valence-corrected chi connectivity index (χ3v) is 4.99. The Morgan fingerprint density at radius 2 is 1.87 bits per heavy atom. The van der Waals surface area contributed by atoms with E-state index in [-0.39, 0.29) is 17.1 Å². The predicted octanol–water partition coefficient (Wildman–Crippen LogP) is 4.62. The van der Waals surface area contributed by atoms with Crippen LogP contribution in [0.5, 0.6) is 11.5 Å². The molecule has 3 aromatic carbocycles. The normalized spacial score (nSPS) is 10.9. The summed E-state index contributed by atoms with van der Waals surface area (Å²) in [6.45, 7) is -0.532. The number of nitriles is 1. The average molecular weight is 481 g/mol. The Bertz CT molecular complexity index is 1230. The molecule has 3 rings (SSSR count). The highest BCUT2D eigenvalue weighted by Crippen LogP contribution is 2.34. The van der Waals surface area contributed by atoms with Crippen LogP contribution in [0, 0.1) is 11.3 Å². The van der Waals surface area contributed by atoms with Crippen LogP contribution < -0.4 is 14.8 Å². The van der Waals surface area contributed by atoms with Crippen LogP contribution in [0.25, 0.3) is 16.8 Å². The lowest BCUT2D eigenvalue weighted by atomic mass is 10.1. The van der Waals surface area contributed by atoms with Gasteiger partial charge in [0.25, 0.3) is 5.91 Å². The third kappa shape index (κ3) is 5.41. The van der Waals surface area contributed by atoms with E-state index >= 15 is 0 Å². The number of methoxy groups -OCH3 is 1. The first-order valence-electron chi connectivity index (χ1n) is 9.05. The number of aliphatic carboxylic acids is 1. The monoisotopic (exact) mass is 480 g/mol. The molecule has 0 aliphatic carbocycles. The number of carbonyl (C=O) groups excluding carboxylic acids is 1. The van der Waals surface area contributed by atoms with E-state index in [9.17, 15) is 14.9 Å². The molecule has 0 aromatic heterocycles. The number of halogens is 1. The van der Waals surface area contributed by atoms with E-state index in [1.54, 1.807) is 12.1 Å². The van der Waals surface area contributed by atoms with Gasteiger partial charge in [-0.2, -0.15) is 5.26 Å². The first-order valence-corrected chi connectivity index (χ1v) is 9.84. The Balaban J connectivity index is 1.86. The molecule has 0 spiro atoms. The molecular weight excluding hydrogens is 464 g/mol. The number of carboxylic acid groups (broad SMARTS) is 1. The van der Waals surface area contributed by atoms with Gasteiger partial charge in [0, 0.05) is 10.2 Å². The SMILES string of the molecule is COc1cc(C=C(C#N)C(=O)Nc2ccc3ccccc3c2)c(Br)cc1OCC(=O)O. The number of benzene rings is 3. The van der Waals surface area contributed by atoms with Crippen molar-refractivity contribution < 1.29 is 24.2 Å². The van der Waals surface area contributed by atoms with Crippen molar-refractivity contribution in [3.8, 4) is 17.6 Å². The number of hydrogen-bond acceptors (Lipinski definition) is 5. The number of amides is 1. The van der Waals surface area contributed by atoms with Crippen molar-refractivity contribution in [2.75, 3.05) is 19.0 Å². The highest BCUT2D eigenvalue weighted by molar-refractivity contribution is 9.10. The zero-order valence-electron chi connectivity index (χ0n) is 16.4. The molecular formula is C23H17BrN2O5. The average Bonchev–Trinajstić information content (AvgIpc) is 2.76. The number of nitrogens with one attached hydrogen (secondary N) is 1. The van der Waals surface area contributed by atoms with E-state index in [0.717, 1.165) is 10.8 Å². The Morgan fingerprint density at radius 3 is 2.55 bits per heavy atom. The molecule has 0 radical (unpaired) electrons. The van der Waals surface area contributed by atoms with Crippen molar-refractivity contribution in [3.05, 3.63) is 70.2 Å². The predicted molar refractivity (Wildman–Crippen MR) is 120 cm³/mol. The van der Waals surface area contributed by atoms with E-state index in [1.807, 2.05) is 42.5 Å². The van der Waals surface area contributed by atoms with Crippen molar-refractivity contribution in [1.29, 1.82) is 5.26 Å². The number of fused-ring (bicyclic) bond motifs is 1.